The second-order valence-corrected chi connectivity index (χ2v) is 6.74. The molecule has 146 valence electrons. The molecule has 1 aliphatic carbocycles. The highest BCUT2D eigenvalue weighted by molar-refractivity contribution is 5.92. The molecule has 2 N–H and O–H groups in total. The molecular weight excluding hydrogens is 369 g/mol. The van der Waals surface area contributed by atoms with E-state index >= 15 is 0 Å². The molecule has 2 amide bonds. The number of nitrogens with one attached hydrogen (secondary N) is 2. The van der Waals surface area contributed by atoms with Gasteiger partial charge in [0.2, 0.25) is 0 Å². The van der Waals surface area contributed by atoms with Gasteiger partial charge in [-0.3, -0.25) is 9.59 Å². The average Bonchev–Trinajstić information content (AvgIpc) is 3.32. The van der Waals surface area contributed by atoms with E-state index in [0.717, 1.165) is 12.8 Å². The summed E-state index contributed by atoms with van der Waals surface area (Å²) in [7, 11) is 0. The molecule has 3 aromatic heterocycles. The number of rotatable bonds is 7. The number of amides is 2. The SMILES string of the molecule is Cc1nonc1C(=O)NCc1cn2ncc(CNC(=O)[C@@H](F)C3CC3)cc2n1. The minimum atomic E-state index is -1.44. The van der Waals surface area contributed by atoms with E-state index in [9.17, 15) is 14.0 Å². The van der Waals surface area contributed by atoms with Gasteiger partial charge >= 0.3 is 0 Å². The lowest BCUT2D eigenvalue weighted by Crippen LogP contribution is -2.32. The number of carbonyl (C=O) groups is 2. The highest BCUT2D eigenvalue weighted by Gasteiger charge is 2.36. The Morgan fingerprint density at radius 1 is 1.32 bits per heavy atom. The van der Waals surface area contributed by atoms with E-state index in [0.29, 0.717) is 22.6 Å². The van der Waals surface area contributed by atoms with E-state index in [1.165, 1.54) is 0 Å². The van der Waals surface area contributed by atoms with Gasteiger partial charge in [-0.1, -0.05) is 5.16 Å². The van der Waals surface area contributed by atoms with Crippen LogP contribution < -0.4 is 10.6 Å². The van der Waals surface area contributed by atoms with Gasteiger partial charge in [-0.2, -0.15) is 5.10 Å². The number of hydrogen-bond donors (Lipinski definition) is 2. The summed E-state index contributed by atoms with van der Waals surface area (Å²) in [5.74, 6) is -1.14. The van der Waals surface area contributed by atoms with Gasteiger partial charge in [-0.15, -0.1) is 0 Å². The molecule has 0 saturated heterocycles. The minimum Gasteiger partial charge on any atom is -0.349 e. The van der Waals surface area contributed by atoms with Crippen molar-refractivity contribution in [2.75, 3.05) is 0 Å². The molecular formula is C17H18FN7O3. The first-order valence-corrected chi connectivity index (χ1v) is 8.83. The number of fused-ring (bicyclic) bond motifs is 1. The van der Waals surface area contributed by atoms with Crippen molar-refractivity contribution in [3.05, 3.63) is 41.1 Å². The second-order valence-electron chi connectivity index (χ2n) is 6.74. The zero-order valence-corrected chi connectivity index (χ0v) is 15.1. The molecule has 1 atom stereocenters. The van der Waals surface area contributed by atoms with Gasteiger partial charge in [0, 0.05) is 6.54 Å². The standard InChI is InChI=1S/C17H18FN7O3/c1-9-15(24-28-23-9)17(27)20-7-12-8-25-13(22-12)4-10(6-21-25)5-19-16(26)14(18)11-2-3-11/h4,6,8,11,14H,2-3,5,7H2,1H3,(H,19,26)(H,20,27)/t14-/m0/s1. The van der Waals surface area contributed by atoms with Crippen molar-refractivity contribution in [3.63, 3.8) is 0 Å². The minimum absolute atomic E-state index is 0.122. The van der Waals surface area contributed by atoms with Crippen LogP contribution in [0.1, 0.15) is 40.3 Å². The van der Waals surface area contributed by atoms with Crippen molar-refractivity contribution in [2.45, 2.75) is 39.0 Å². The van der Waals surface area contributed by atoms with Crippen LogP contribution in [-0.2, 0) is 17.9 Å². The Kier molecular flexibility index (Phi) is 4.72. The Morgan fingerprint density at radius 3 is 2.86 bits per heavy atom. The number of carbonyl (C=O) groups excluding carboxylic acids is 2. The summed E-state index contributed by atoms with van der Waals surface area (Å²) in [6.45, 7) is 1.97. The second kappa shape index (κ2) is 7.33. The molecule has 0 spiro atoms. The Labute approximate surface area is 158 Å². The number of imidazole rings is 1. The smallest absolute Gasteiger partial charge is 0.275 e. The number of halogens is 1. The normalized spacial score (nSPS) is 14.8. The van der Waals surface area contributed by atoms with Crippen LogP contribution in [0.2, 0.25) is 0 Å². The Balaban J connectivity index is 1.37. The molecule has 0 unspecified atom stereocenters. The summed E-state index contributed by atoms with van der Waals surface area (Å²) in [4.78, 5) is 28.2. The summed E-state index contributed by atoms with van der Waals surface area (Å²) in [5.41, 5.74) is 2.37. The van der Waals surface area contributed by atoms with Crippen molar-refractivity contribution >= 4 is 17.5 Å². The van der Waals surface area contributed by atoms with E-state index in [1.54, 1.807) is 29.9 Å². The van der Waals surface area contributed by atoms with Crippen LogP contribution in [-0.4, -0.2) is 42.9 Å². The largest absolute Gasteiger partial charge is 0.349 e. The van der Waals surface area contributed by atoms with Gasteiger partial charge in [0.05, 0.1) is 24.6 Å². The summed E-state index contributed by atoms with van der Waals surface area (Å²) in [5, 5.41) is 16.6. The third kappa shape index (κ3) is 3.82. The third-order valence-electron chi connectivity index (χ3n) is 4.48. The molecule has 0 aromatic carbocycles. The lowest BCUT2D eigenvalue weighted by Gasteiger charge is -2.08. The van der Waals surface area contributed by atoms with Crippen LogP contribution >= 0.6 is 0 Å². The van der Waals surface area contributed by atoms with Crippen molar-refractivity contribution in [3.8, 4) is 0 Å². The fourth-order valence-electron chi connectivity index (χ4n) is 2.73. The van der Waals surface area contributed by atoms with Gasteiger partial charge < -0.3 is 10.6 Å². The van der Waals surface area contributed by atoms with Crippen molar-refractivity contribution in [2.24, 2.45) is 5.92 Å². The van der Waals surface area contributed by atoms with E-state index in [-0.39, 0.29) is 24.7 Å². The Bertz CT molecular complexity index is 1030. The lowest BCUT2D eigenvalue weighted by atomic mass is 10.2. The fraction of sp³-hybridized carbons (Fsp3) is 0.412. The summed E-state index contributed by atoms with van der Waals surface area (Å²) >= 11 is 0. The monoisotopic (exact) mass is 387 g/mol. The van der Waals surface area contributed by atoms with Crippen molar-refractivity contribution in [1.29, 1.82) is 0 Å². The Morgan fingerprint density at radius 2 is 2.14 bits per heavy atom. The molecule has 0 aliphatic heterocycles. The molecule has 4 rings (SSSR count). The maximum atomic E-state index is 13.7. The highest BCUT2D eigenvalue weighted by atomic mass is 19.1. The summed E-state index contributed by atoms with van der Waals surface area (Å²) in [6, 6.07) is 1.74. The third-order valence-corrected chi connectivity index (χ3v) is 4.48. The van der Waals surface area contributed by atoms with Crippen molar-refractivity contribution in [1.82, 2.24) is 35.5 Å². The van der Waals surface area contributed by atoms with E-state index in [1.807, 2.05) is 0 Å². The molecule has 10 nitrogen and oxygen atoms in total. The first kappa shape index (κ1) is 18.0. The Hall–Kier alpha value is -3.37. The van der Waals surface area contributed by atoms with Crippen molar-refractivity contribution < 1.29 is 18.6 Å². The average molecular weight is 387 g/mol. The first-order chi connectivity index (χ1) is 13.5. The van der Waals surface area contributed by atoms with Gasteiger partial charge in [-0.25, -0.2) is 18.5 Å². The maximum Gasteiger partial charge on any atom is 0.275 e. The lowest BCUT2D eigenvalue weighted by molar-refractivity contribution is -0.126. The number of aryl methyl sites for hydroxylation is 1. The van der Waals surface area contributed by atoms with Crippen LogP contribution in [0.4, 0.5) is 4.39 Å². The predicted octanol–water partition coefficient (Wildman–Crippen LogP) is 0.715. The number of nitrogens with zero attached hydrogens (tertiary/aromatic N) is 5. The number of alkyl halides is 1. The van der Waals surface area contributed by atoms with E-state index in [2.05, 4.69) is 35.7 Å². The van der Waals surface area contributed by atoms with Gasteiger partial charge in [0.1, 0.15) is 5.69 Å². The highest BCUT2D eigenvalue weighted by Crippen LogP contribution is 2.34. The fourth-order valence-corrected chi connectivity index (χ4v) is 2.73. The number of aromatic nitrogens is 5. The molecule has 0 bridgehead atoms. The zero-order chi connectivity index (χ0) is 19.7. The summed E-state index contributed by atoms with van der Waals surface area (Å²) in [6.07, 6.45) is 3.34. The van der Waals surface area contributed by atoms with Gasteiger partial charge in [0.15, 0.2) is 17.5 Å². The van der Waals surface area contributed by atoms with Crippen LogP contribution in [0.3, 0.4) is 0 Å². The van der Waals surface area contributed by atoms with Crippen LogP contribution in [0.5, 0.6) is 0 Å². The molecule has 1 fully saturated rings. The zero-order valence-electron chi connectivity index (χ0n) is 15.1. The molecule has 0 radical (unpaired) electrons. The molecule has 1 aliphatic rings. The molecule has 11 heteroatoms. The predicted molar refractivity (Wildman–Crippen MR) is 92.7 cm³/mol. The van der Waals surface area contributed by atoms with E-state index < -0.39 is 18.0 Å². The van der Waals surface area contributed by atoms with E-state index in [4.69, 9.17) is 0 Å². The van der Waals surface area contributed by atoms with Crippen LogP contribution in [0.25, 0.3) is 5.65 Å². The maximum absolute atomic E-state index is 13.7. The van der Waals surface area contributed by atoms with Crippen LogP contribution in [0.15, 0.2) is 23.1 Å². The molecule has 1 saturated carbocycles. The van der Waals surface area contributed by atoms with Gasteiger partial charge in [0.25, 0.3) is 11.8 Å². The number of hydrogen-bond acceptors (Lipinski definition) is 7. The molecule has 3 heterocycles. The van der Waals surface area contributed by atoms with Gasteiger partial charge in [-0.05, 0) is 42.5 Å². The quantitative estimate of drug-likeness (QED) is 0.611. The molecule has 28 heavy (non-hydrogen) atoms. The summed E-state index contributed by atoms with van der Waals surface area (Å²) < 4.78 is 19.8. The first-order valence-electron chi connectivity index (χ1n) is 8.83. The topological polar surface area (TPSA) is 127 Å². The van der Waals surface area contributed by atoms with Crippen LogP contribution in [0, 0.1) is 12.8 Å². The molecule has 3 aromatic rings.